The lowest BCUT2D eigenvalue weighted by atomic mass is 9.97. The fourth-order valence-corrected chi connectivity index (χ4v) is 2.25. The number of alkyl halides is 1. The van der Waals surface area contributed by atoms with Gasteiger partial charge in [-0.3, -0.25) is 0 Å². The quantitative estimate of drug-likeness (QED) is 0.478. The van der Waals surface area contributed by atoms with Crippen molar-refractivity contribution in [3.05, 3.63) is 35.6 Å². The fraction of sp³-hybridized carbons (Fsp3) is 0.600. The van der Waals surface area contributed by atoms with Crippen LogP contribution in [0.4, 0.5) is 4.39 Å². The minimum Gasteiger partial charge on any atom is -0.382 e. The summed E-state index contributed by atoms with van der Waals surface area (Å²) in [5.74, 6) is -0.245. The first-order valence-electron chi connectivity index (χ1n) is 6.65. The largest absolute Gasteiger partial charge is 0.382 e. The molecule has 0 aliphatic heterocycles. The van der Waals surface area contributed by atoms with Crippen LogP contribution in [0.2, 0.25) is 0 Å². The van der Waals surface area contributed by atoms with Gasteiger partial charge in [-0.2, -0.15) is 0 Å². The summed E-state index contributed by atoms with van der Waals surface area (Å²) in [6, 6.07) is 6.70. The number of benzene rings is 1. The molecular formula is C15H22BrFO3. The molecule has 3 nitrogen and oxygen atoms in total. The predicted octanol–water partition coefficient (Wildman–Crippen LogP) is 3.51. The molecule has 0 radical (unpaired) electrons. The molecule has 0 heterocycles. The molecule has 0 saturated heterocycles. The van der Waals surface area contributed by atoms with E-state index >= 15 is 0 Å². The molecule has 1 aromatic rings. The molecule has 0 amide bonds. The summed E-state index contributed by atoms with van der Waals surface area (Å²) in [4.78, 5) is 0. The van der Waals surface area contributed by atoms with Gasteiger partial charge in [-0.05, 0) is 19.4 Å². The van der Waals surface area contributed by atoms with Crippen LogP contribution in [0.1, 0.15) is 18.9 Å². The van der Waals surface area contributed by atoms with E-state index in [4.69, 9.17) is 14.2 Å². The van der Waals surface area contributed by atoms with E-state index in [-0.39, 0.29) is 5.82 Å². The Kier molecular flexibility index (Phi) is 8.30. The lowest BCUT2D eigenvalue weighted by Gasteiger charge is -2.29. The number of methoxy groups -OCH3 is 1. The second-order valence-corrected chi connectivity index (χ2v) is 5.21. The summed E-state index contributed by atoms with van der Waals surface area (Å²) >= 11 is 3.41. The Morgan fingerprint density at radius 3 is 2.55 bits per heavy atom. The number of hydrogen-bond donors (Lipinski definition) is 0. The topological polar surface area (TPSA) is 27.7 Å². The standard InChI is InChI=1S/C15H22BrFO3/c1-15(12-16,13-6-3-4-7-14(13)17)20-9-5-8-19-11-10-18-2/h3-4,6-7H,5,8-12H2,1-2H3. The van der Waals surface area contributed by atoms with Crippen LogP contribution in [0.25, 0.3) is 0 Å². The zero-order chi connectivity index (χ0) is 14.8. The van der Waals surface area contributed by atoms with Crippen molar-refractivity contribution in [3.63, 3.8) is 0 Å². The van der Waals surface area contributed by atoms with E-state index in [0.717, 1.165) is 6.42 Å². The van der Waals surface area contributed by atoms with Crippen molar-refractivity contribution >= 4 is 15.9 Å². The van der Waals surface area contributed by atoms with Gasteiger partial charge in [0.2, 0.25) is 0 Å². The molecule has 1 unspecified atom stereocenters. The second kappa shape index (κ2) is 9.45. The molecule has 1 atom stereocenters. The average Bonchev–Trinajstić information content (AvgIpc) is 2.46. The monoisotopic (exact) mass is 348 g/mol. The van der Waals surface area contributed by atoms with Crippen molar-refractivity contribution in [1.82, 2.24) is 0 Å². The molecule has 1 aromatic carbocycles. The Morgan fingerprint density at radius 2 is 1.90 bits per heavy atom. The molecule has 0 aromatic heterocycles. The predicted molar refractivity (Wildman–Crippen MR) is 80.8 cm³/mol. The summed E-state index contributed by atoms with van der Waals surface area (Å²) in [7, 11) is 1.64. The molecular weight excluding hydrogens is 327 g/mol. The minimum atomic E-state index is -0.669. The van der Waals surface area contributed by atoms with Crippen molar-refractivity contribution in [2.45, 2.75) is 18.9 Å². The third-order valence-corrected chi connectivity index (χ3v) is 4.05. The highest BCUT2D eigenvalue weighted by Crippen LogP contribution is 2.29. The van der Waals surface area contributed by atoms with E-state index in [0.29, 0.717) is 37.3 Å². The fourth-order valence-electron chi connectivity index (χ4n) is 1.78. The minimum absolute atomic E-state index is 0.245. The highest BCUT2D eigenvalue weighted by Gasteiger charge is 2.28. The zero-order valence-electron chi connectivity index (χ0n) is 12.0. The lowest BCUT2D eigenvalue weighted by Crippen LogP contribution is -2.30. The molecule has 0 N–H and O–H groups in total. The lowest BCUT2D eigenvalue weighted by molar-refractivity contribution is -0.0306. The van der Waals surface area contributed by atoms with Crippen LogP contribution in [-0.2, 0) is 19.8 Å². The maximum absolute atomic E-state index is 13.8. The third kappa shape index (κ3) is 5.48. The van der Waals surface area contributed by atoms with Gasteiger partial charge in [-0.25, -0.2) is 4.39 Å². The van der Waals surface area contributed by atoms with Crippen molar-refractivity contribution in [2.24, 2.45) is 0 Å². The Morgan fingerprint density at radius 1 is 1.15 bits per heavy atom. The smallest absolute Gasteiger partial charge is 0.129 e. The number of hydrogen-bond acceptors (Lipinski definition) is 3. The van der Waals surface area contributed by atoms with Crippen molar-refractivity contribution in [2.75, 3.05) is 38.9 Å². The van der Waals surface area contributed by atoms with Gasteiger partial charge in [-0.15, -0.1) is 0 Å². The van der Waals surface area contributed by atoms with Crippen LogP contribution < -0.4 is 0 Å². The Labute approximate surface area is 128 Å². The summed E-state index contributed by atoms with van der Waals surface area (Å²) in [5, 5.41) is 0.533. The van der Waals surface area contributed by atoms with Gasteiger partial charge >= 0.3 is 0 Å². The average molecular weight is 349 g/mol. The normalized spacial score (nSPS) is 14.2. The van der Waals surface area contributed by atoms with Gasteiger partial charge in [0.15, 0.2) is 0 Å². The Balaban J connectivity index is 2.40. The second-order valence-electron chi connectivity index (χ2n) is 4.65. The summed E-state index contributed by atoms with van der Waals surface area (Å²) in [5.41, 5.74) is -0.102. The van der Waals surface area contributed by atoms with Crippen LogP contribution in [-0.4, -0.2) is 38.9 Å². The Bertz CT molecular complexity index is 389. The first kappa shape index (κ1) is 17.6. The van der Waals surface area contributed by atoms with E-state index < -0.39 is 5.60 Å². The number of halogens is 2. The van der Waals surface area contributed by atoms with Gasteiger partial charge in [0, 0.05) is 24.6 Å². The van der Waals surface area contributed by atoms with Gasteiger partial charge in [0.1, 0.15) is 11.4 Å². The first-order chi connectivity index (χ1) is 9.64. The van der Waals surface area contributed by atoms with E-state index in [9.17, 15) is 4.39 Å². The SMILES string of the molecule is COCCOCCCOC(C)(CBr)c1ccccc1F. The van der Waals surface area contributed by atoms with E-state index in [1.807, 2.05) is 13.0 Å². The van der Waals surface area contributed by atoms with Gasteiger partial charge in [-0.1, -0.05) is 34.1 Å². The maximum atomic E-state index is 13.8. The van der Waals surface area contributed by atoms with Crippen LogP contribution in [0.3, 0.4) is 0 Å². The molecule has 114 valence electrons. The number of ether oxygens (including phenoxy) is 3. The zero-order valence-corrected chi connectivity index (χ0v) is 13.6. The molecule has 0 saturated carbocycles. The van der Waals surface area contributed by atoms with Gasteiger partial charge in [0.25, 0.3) is 0 Å². The molecule has 0 fully saturated rings. The third-order valence-electron chi connectivity index (χ3n) is 2.98. The van der Waals surface area contributed by atoms with E-state index in [1.54, 1.807) is 19.2 Å². The molecule has 0 aliphatic rings. The molecule has 1 rings (SSSR count). The highest BCUT2D eigenvalue weighted by atomic mass is 79.9. The van der Waals surface area contributed by atoms with Crippen LogP contribution >= 0.6 is 15.9 Å². The molecule has 0 spiro atoms. The van der Waals surface area contributed by atoms with Crippen molar-refractivity contribution < 1.29 is 18.6 Å². The van der Waals surface area contributed by atoms with Crippen LogP contribution in [0, 0.1) is 5.82 Å². The summed E-state index contributed by atoms with van der Waals surface area (Å²) < 4.78 is 29.9. The van der Waals surface area contributed by atoms with Crippen LogP contribution in [0.15, 0.2) is 24.3 Å². The maximum Gasteiger partial charge on any atom is 0.129 e. The molecule has 0 bridgehead atoms. The van der Waals surface area contributed by atoms with Crippen molar-refractivity contribution in [3.8, 4) is 0 Å². The number of rotatable bonds is 10. The van der Waals surface area contributed by atoms with Crippen LogP contribution in [0.5, 0.6) is 0 Å². The van der Waals surface area contributed by atoms with Gasteiger partial charge in [0.05, 0.1) is 19.8 Å². The Hall–Kier alpha value is -0.490. The summed E-state index contributed by atoms with van der Waals surface area (Å²) in [6.07, 6.45) is 0.765. The molecule has 20 heavy (non-hydrogen) atoms. The molecule has 0 aliphatic carbocycles. The highest BCUT2D eigenvalue weighted by molar-refractivity contribution is 9.09. The van der Waals surface area contributed by atoms with E-state index in [1.165, 1.54) is 6.07 Å². The summed E-state index contributed by atoms with van der Waals surface area (Å²) in [6.45, 7) is 4.18. The van der Waals surface area contributed by atoms with Gasteiger partial charge < -0.3 is 14.2 Å². The molecule has 5 heteroatoms. The first-order valence-corrected chi connectivity index (χ1v) is 7.78. The van der Waals surface area contributed by atoms with Crippen molar-refractivity contribution in [1.29, 1.82) is 0 Å². The van der Waals surface area contributed by atoms with E-state index in [2.05, 4.69) is 15.9 Å².